The Morgan fingerprint density at radius 1 is 1.29 bits per heavy atom. The fourth-order valence-corrected chi connectivity index (χ4v) is 2.58. The van der Waals surface area contributed by atoms with Crippen molar-refractivity contribution in [2.24, 2.45) is 0 Å². The number of hydrogen-bond acceptors (Lipinski definition) is 5. The molecule has 0 aliphatic heterocycles. The summed E-state index contributed by atoms with van der Waals surface area (Å²) in [5.41, 5.74) is 4.34. The first kappa shape index (κ1) is 13.9. The molecule has 5 heteroatoms. The van der Waals surface area contributed by atoms with E-state index >= 15 is 0 Å². The minimum absolute atomic E-state index is 0.485. The fourth-order valence-electron chi connectivity index (χ4n) is 2.58. The van der Waals surface area contributed by atoms with Crippen LogP contribution in [0.25, 0.3) is 17.6 Å². The normalized spacial score (nSPS) is 15.0. The third kappa shape index (κ3) is 3.19. The molecular formula is C16H19N3O2. The molecule has 2 heterocycles. The van der Waals surface area contributed by atoms with Crippen molar-refractivity contribution in [3.05, 3.63) is 34.9 Å². The van der Waals surface area contributed by atoms with Gasteiger partial charge in [0.1, 0.15) is 5.69 Å². The quantitative estimate of drug-likeness (QED) is 0.864. The van der Waals surface area contributed by atoms with E-state index in [-0.39, 0.29) is 0 Å². The lowest BCUT2D eigenvalue weighted by atomic mass is 9.96. The van der Waals surface area contributed by atoms with Gasteiger partial charge in [-0.25, -0.2) is 4.98 Å². The standard InChI is InChI=1S/C16H19N3O2/c1-11(10-20-2)9-15-18-16(19-21-15)14-8-7-12-5-3-4-6-13(12)17-14/h7-9H,3-6,10H2,1-2H3/b11-9+. The van der Waals surface area contributed by atoms with E-state index in [4.69, 9.17) is 9.26 Å². The Hall–Kier alpha value is -2.01. The van der Waals surface area contributed by atoms with Gasteiger partial charge in [0.25, 0.3) is 5.89 Å². The summed E-state index contributed by atoms with van der Waals surface area (Å²) in [4.78, 5) is 9.06. The molecular weight excluding hydrogens is 266 g/mol. The highest BCUT2D eigenvalue weighted by Crippen LogP contribution is 2.23. The van der Waals surface area contributed by atoms with E-state index in [9.17, 15) is 0 Å². The molecule has 21 heavy (non-hydrogen) atoms. The molecule has 0 unspecified atom stereocenters. The van der Waals surface area contributed by atoms with Gasteiger partial charge in [-0.2, -0.15) is 4.98 Å². The first-order valence-electron chi connectivity index (χ1n) is 7.25. The lowest BCUT2D eigenvalue weighted by Gasteiger charge is -2.14. The summed E-state index contributed by atoms with van der Waals surface area (Å²) in [6.07, 6.45) is 6.46. The maximum absolute atomic E-state index is 5.25. The van der Waals surface area contributed by atoms with Crippen molar-refractivity contribution in [2.75, 3.05) is 13.7 Å². The molecule has 5 nitrogen and oxygen atoms in total. The molecule has 0 radical (unpaired) electrons. The zero-order valence-electron chi connectivity index (χ0n) is 12.4. The van der Waals surface area contributed by atoms with Crippen LogP contribution >= 0.6 is 0 Å². The second-order valence-electron chi connectivity index (χ2n) is 5.39. The van der Waals surface area contributed by atoms with Crippen molar-refractivity contribution in [2.45, 2.75) is 32.6 Å². The van der Waals surface area contributed by atoms with Crippen LogP contribution in [0.5, 0.6) is 0 Å². The molecule has 0 atom stereocenters. The largest absolute Gasteiger partial charge is 0.380 e. The Balaban J connectivity index is 1.84. The second-order valence-corrected chi connectivity index (χ2v) is 5.39. The monoisotopic (exact) mass is 285 g/mol. The molecule has 0 spiro atoms. The van der Waals surface area contributed by atoms with Crippen LogP contribution in [0.3, 0.4) is 0 Å². The molecule has 0 saturated carbocycles. The Labute approximate surface area is 124 Å². The molecule has 0 aromatic carbocycles. The van der Waals surface area contributed by atoms with E-state index in [1.807, 2.05) is 19.1 Å². The van der Waals surface area contributed by atoms with Gasteiger partial charge < -0.3 is 9.26 Å². The zero-order valence-corrected chi connectivity index (χ0v) is 12.4. The highest BCUT2D eigenvalue weighted by molar-refractivity contribution is 5.52. The minimum atomic E-state index is 0.485. The van der Waals surface area contributed by atoms with Gasteiger partial charge in [-0.05, 0) is 49.8 Å². The minimum Gasteiger partial charge on any atom is -0.380 e. The predicted octanol–water partition coefficient (Wildman–Crippen LogP) is 3.06. The molecule has 0 fully saturated rings. The summed E-state index contributed by atoms with van der Waals surface area (Å²) in [5, 5.41) is 4.01. The van der Waals surface area contributed by atoms with Crippen LogP contribution in [0.1, 0.15) is 36.9 Å². The summed E-state index contributed by atoms with van der Waals surface area (Å²) < 4.78 is 10.3. The number of aromatic nitrogens is 3. The Kier molecular flexibility index (Phi) is 4.10. The zero-order chi connectivity index (χ0) is 14.7. The summed E-state index contributed by atoms with van der Waals surface area (Å²) in [6.45, 7) is 2.51. The van der Waals surface area contributed by atoms with Crippen LogP contribution in [-0.4, -0.2) is 28.8 Å². The van der Waals surface area contributed by atoms with Crippen LogP contribution < -0.4 is 0 Å². The van der Waals surface area contributed by atoms with Gasteiger partial charge >= 0.3 is 0 Å². The lowest BCUT2D eigenvalue weighted by Crippen LogP contribution is -2.05. The number of hydrogen-bond donors (Lipinski definition) is 0. The van der Waals surface area contributed by atoms with Crippen LogP contribution in [0.15, 0.2) is 22.2 Å². The van der Waals surface area contributed by atoms with Gasteiger partial charge in [0.05, 0.1) is 6.61 Å². The lowest BCUT2D eigenvalue weighted by molar-refractivity contribution is 0.226. The highest BCUT2D eigenvalue weighted by Gasteiger charge is 2.14. The topological polar surface area (TPSA) is 61.0 Å². The van der Waals surface area contributed by atoms with E-state index in [0.29, 0.717) is 18.3 Å². The van der Waals surface area contributed by atoms with Crippen LogP contribution in [0.2, 0.25) is 0 Å². The average Bonchev–Trinajstić information content (AvgIpc) is 2.95. The summed E-state index contributed by atoms with van der Waals surface area (Å²) in [5.74, 6) is 1.03. The van der Waals surface area contributed by atoms with Crippen LogP contribution in [0.4, 0.5) is 0 Å². The first-order chi connectivity index (χ1) is 10.3. The number of methoxy groups -OCH3 is 1. The Morgan fingerprint density at radius 2 is 2.14 bits per heavy atom. The van der Waals surface area contributed by atoms with Crippen molar-refractivity contribution in [1.29, 1.82) is 0 Å². The van der Waals surface area contributed by atoms with Crippen molar-refractivity contribution in [3.8, 4) is 11.5 Å². The number of nitrogens with zero attached hydrogens (tertiary/aromatic N) is 3. The van der Waals surface area contributed by atoms with Gasteiger partial charge in [-0.15, -0.1) is 0 Å². The second kappa shape index (κ2) is 6.18. The SMILES string of the molecule is COC/C(C)=C/c1nc(-c2ccc3c(n2)CCCC3)no1. The maximum atomic E-state index is 5.25. The third-order valence-electron chi connectivity index (χ3n) is 3.59. The molecule has 2 aromatic heterocycles. The molecule has 0 saturated heterocycles. The molecule has 110 valence electrons. The highest BCUT2D eigenvalue weighted by atomic mass is 16.5. The Bertz CT molecular complexity index is 661. The van der Waals surface area contributed by atoms with Gasteiger partial charge in [0, 0.05) is 18.9 Å². The first-order valence-corrected chi connectivity index (χ1v) is 7.25. The number of rotatable bonds is 4. The van der Waals surface area contributed by atoms with Crippen molar-refractivity contribution in [1.82, 2.24) is 15.1 Å². The third-order valence-corrected chi connectivity index (χ3v) is 3.59. The van der Waals surface area contributed by atoms with Crippen LogP contribution in [0, 0.1) is 0 Å². The fraction of sp³-hybridized carbons (Fsp3) is 0.438. The van der Waals surface area contributed by atoms with Gasteiger partial charge in [0.15, 0.2) is 0 Å². The molecule has 0 N–H and O–H groups in total. The summed E-state index contributed by atoms with van der Waals surface area (Å²) >= 11 is 0. The number of aryl methyl sites for hydroxylation is 2. The number of pyridine rings is 1. The summed E-state index contributed by atoms with van der Waals surface area (Å²) in [6, 6.07) is 4.11. The number of ether oxygens (including phenoxy) is 1. The van der Waals surface area contributed by atoms with Crippen LogP contribution in [-0.2, 0) is 17.6 Å². The predicted molar refractivity (Wildman–Crippen MR) is 79.7 cm³/mol. The Morgan fingerprint density at radius 3 is 3.00 bits per heavy atom. The van der Waals surface area contributed by atoms with Crippen molar-refractivity contribution >= 4 is 6.08 Å². The van der Waals surface area contributed by atoms with E-state index < -0.39 is 0 Å². The summed E-state index contributed by atoms with van der Waals surface area (Å²) in [7, 11) is 1.66. The van der Waals surface area contributed by atoms with E-state index in [0.717, 1.165) is 24.1 Å². The van der Waals surface area contributed by atoms with E-state index in [1.165, 1.54) is 24.1 Å². The van der Waals surface area contributed by atoms with Gasteiger partial charge in [-0.3, -0.25) is 0 Å². The molecule has 3 rings (SSSR count). The van der Waals surface area contributed by atoms with Crippen molar-refractivity contribution in [3.63, 3.8) is 0 Å². The molecule has 2 aromatic rings. The average molecular weight is 285 g/mol. The van der Waals surface area contributed by atoms with Gasteiger partial charge in [0.2, 0.25) is 5.82 Å². The van der Waals surface area contributed by atoms with E-state index in [2.05, 4.69) is 21.2 Å². The van der Waals surface area contributed by atoms with Gasteiger partial charge in [-0.1, -0.05) is 11.2 Å². The maximum Gasteiger partial charge on any atom is 0.251 e. The smallest absolute Gasteiger partial charge is 0.251 e. The molecule has 0 bridgehead atoms. The molecule has 0 amide bonds. The van der Waals surface area contributed by atoms with Crippen molar-refractivity contribution < 1.29 is 9.26 Å². The molecule has 1 aliphatic carbocycles. The molecule has 1 aliphatic rings. The number of fused-ring (bicyclic) bond motifs is 1. The van der Waals surface area contributed by atoms with E-state index in [1.54, 1.807) is 7.11 Å².